The first-order valence-corrected chi connectivity index (χ1v) is 14.3. The average molecular weight is 535 g/mol. The third kappa shape index (κ3) is 7.10. The fraction of sp³-hybridized carbons (Fsp3) is 0.923. The molecule has 7 unspecified atom stereocenters. The summed E-state index contributed by atoms with van der Waals surface area (Å²) < 4.78 is 49.2. The predicted octanol–water partition coefficient (Wildman–Crippen LogP) is 6.48. The predicted molar refractivity (Wildman–Crippen MR) is 130 cm³/mol. The van der Waals surface area contributed by atoms with E-state index in [0.29, 0.717) is 30.6 Å². The molecule has 10 heteroatoms. The number of hydrogen-bond acceptors (Lipinski definition) is 7. The standard InChI is InChI=1S/C26H39F3NO5S/c1-16-9-17-5-4-8-20(11-17)22(16)23(31)34-15-21(14-30(33)36-26(27,28)29)35-24(32)25(2)12-18-6-3-7-19(10-18)13-25/h16-22H,3-15H2,1-2H3/q-1. The monoisotopic (exact) mass is 534 g/mol. The molecule has 4 bridgehead atoms. The molecule has 4 aliphatic rings. The van der Waals surface area contributed by atoms with Crippen molar-refractivity contribution in [2.45, 2.75) is 96.1 Å². The Balaban J connectivity index is 1.40. The van der Waals surface area contributed by atoms with Crippen LogP contribution in [0, 0.1) is 46.1 Å². The molecule has 4 rings (SSSR count). The summed E-state index contributed by atoms with van der Waals surface area (Å²) in [6.07, 6.45) is 9.70. The van der Waals surface area contributed by atoms with Crippen LogP contribution in [0.3, 0.4) is 0 Å². The molecule has 0 aliphatic heterocycles. The van der Waals surface area contributed by atoms with Gasteiger partial charge in [0.25, 0.3) is 0 Å². The van der Waals surface area contributed by atoms with Gasteiger partial charge in [-0.15, -0.1) is 0 Å². The van der Waals surface area contributed by atoms with E-state index in [-0.39, 0.29) is 22.2 Å². The molecule has 36 heavy (non-hydrogen) atoms. The zero-order valence-electron chi connectivity index (χ0n) is 21.3. The van der Waals surface area contributed by atoms with Gasteiger partial charge >= 0.3 is 17.4 Å². The summed E-state index contributed by atoms with van der Waals surface area (Å²) in [6, 6.07) is 0. The van der Waals surface area contributed by atoms with E-state index in [1.165, 1.54) is 6.42 Å². The van der Waals surface area contributed by atoms with Crippen LogP contribution in [-0.4, -0.2) is 41.2 Å². The van der Waals surface area contributed by atoms with E-state index < -0.39 is 54.1 Å². The van der Waals surface area contributed by atoms with Crippen molar-refractivity contribution in [3.8, 4) is 0 Å². The van der Waals surface area contributed by atoms with Crippen molar-refractivity contribution >= 4 is 23.9 Å². The topological polar surface area (TPSA) is 78.9 Å². The van der Waals surface area contributed by atoms with Gasteiger partial charge in [-0.3, -0.25) is 9.59 Å². The molecule has 0 aromatic rings. The molecule has 0 radical (unpaired) electrons. The summed E-state index contributed by atoms with van der Waals surface area (Å²) in [5.74, 6) is 0.769. The van der Waals surface area contributed by atoms with Gasteiger partial charge in [0.1, 0.15) is 12.7 Å². The number of alkyl halides is 3. The van der Waals surface area contributed by atoms with Gasteiger partial charge in [0, 0.05) is 18.5 Å². The number of ether oxygens (including phenoxy) is 2. The van der Waals surface area contributed by atoms with Crippen LogP contribution in [0.1, 0.15) is 84.5 Å². The first-order chi connectivity index (χ1) is 16.9. The molecular formula is C26H39F3NO5S-. The Labute approximate surface area is 216 Å². The highest BCUT2D eigenvalue weighted by Gasteiger charge is 2.46. The molecule has 4 fully saturated rings. The summed E-state index contributed by atoms with van der Waals surface area (Å²) in [7, 11) is 0. The van der Waals surface area contributed by atoms with Crippen LogP contribution in [0.15, 0.2) is 0 Å². The number of fused-ring (bicyclic) bond motifs is 4. The van der Waals surface area contributed by atoms with E-state index in [1.54, 1.807) is 0 Å². The van der Waals surface area contributed by atoms with Gasteiger partial charge in [-0.2, -0.15) is 13.2 Å². The van der Waals surface area contributed by atoms with Crippen LogP contribution in [0.25, 0.3) is 0 Å². The maximum atomic E-state index is 13.3. The summed E-state index contributed by atoms with van der Waals surface area (Å²) in [5.41, 5.74) is -5.50. The Hall–Kier alpha value is -1.00. The summed E-state index contributed by atoms with van der Waals surface area (Å²) >= 11 is -0.819. The van der Waals surface area contributed by atoms with Gasteiger partial charge in [-0.1, -0.05) is 39.0 Å². The molecule has 0 spiro atoms. The van der Waals surface area contributed by atoms with Gasteiger partial charge < -0.3 is 19.1 Å². The highest BCUT2D eigenvalue weighted by atomic mass is 32.2. The van der Waals surface area contributed by atoms with Crippen molar-refractivity contribution in [3.05, 3.63) is 5.21 Å². The zero-order valence-corrected chi connectivity index (χ0v) is 22.1. The second kappa shape index (κ2) is 11.4. The van der Waals surface area contributed by atoms with Crippen molar-refractivity contribution in [2.24, 2.45) is 40.9 Å². The lowest BCUT2D eigenvalue weighted by Crippen LogP contribution is -2.44. The third-order valence-electron chi connectivity index (χ3n) is 9.03. The molecule has 7 atom stereocenters. The molecule has 0 saturated heterocycles. The number of hydrogen-bond donors (Lipinski definition) is 0. The molecule has 4 saturated carbocycles. The minimum absolute atomic E-state index is 0.167. The fourth-order valence-electron chi connectivity index (χ4n) is 7.74. The van der Waals surface area contributed by atoms with Crippen LogP contribution in [0.4, 0.5) is 13.2 Å². The maximum absolute atomic E-state index is 13.3. The Morgan fingerprint density at radius 1 is 1.06 bits per heavy atom. The minimum Gasteiger partial charge on any atom is -0.775 e. The minimum atomic E-state index is -4.76. The molecule has 4 aliphatic carbocycles. The molecule has 206 valence electrons. The van der Waals surface area contributed by atoms with Crippen molar-refractivity contribution in [1.29, 1.82) is 0 Å². The molecule has 0 heterocycles. The van der Waals surface area contributed by atoms with E-state index in [4.69, 9.17) is 9.47 Å². The van der Waals surface area contributed by atoms with Crippen molar-refractivity contribution < 1.29 is 32.2 Å². The number of rotatable bonds is 8. The van der Waals surface area contributed by atoms with Crippen LogP contribution >= 0.6 is 11.9 Å². The van der Waals surface area contributed by atoms with E-state index in [0.717, 1.165) is 51.4 Å². The van der Waals surface area contributed by atoms with Gasteiger partial charge in [0.05, 0.1) is 11.3 Å². The number of hydroxylamine groups is 1. The van der Waals surface area contributed by atoms with Crippen molar-refractivity contribution in [3.63, 3.8) is 0 Å². The summed E-state index contributed by atoms with van der Waals surface area (Å²) in [4.78, 5) is 26.3. The molecule has 0 aromatic carbocycles. The Bertz CT molecular complexity index is 782. The highest BCUT2D eigenvalue weighted by molar-refractivity contribution is 7.97. The van der Waals surface area contributed by atoms with Gasteiger partial charge in [-0.25, -0.2) is 0 Å². The second-order valence-corrected chi connectivity index (χ2v) is 13.2. The first kappa shape index (κ1) is 28.0. The fourth-order valence-corrected chi connectivity index (χ4v) is 8.21. The summed E-state index contributed by atoms with van der Waals surface area (Å²) in [6.45, 7) is 2.77. The number of halogens is 3. The maximum Gasteiger partial charge on any atom is 0.455 e. The normalized spacial score (nSPS) is 37.3. The Kier molecular flexibility index (Phi) is 8.87. The number of carbonyl (C=O) groups excluding carboxylic acids is 2. The third-order valence-corrected chi connectivity index (χ3v) is 9.59. The van der Waals surface area contributed by atoms with Crippen LogP contribution in [0.5, 0.6) is 0 Å². The van der Waals surface area contributed by atoms with E-state index >= 15 is 0 Å². The summed E-state index contributed by atoms with van der Waals surface area (Å²) in [5, 5.41) is 12.0. The van der Waals surface area contributed by atoms with E-state index in [9.17, 15) is 28.0 Å². The zero-order chi connectivity index (χ0) is 26.1. The van der Waals surface area contributed by atoms with Gasteiger partial charge in [0.2, 0.25) is 0 Å². The van der Waals surface area contributed by atoms with Gasteiger partial charge in [-0.05, 0) is 75.0 Å². The smallest absolute Gasteiger partial charge is 0.455 e. The van der Waals surface area contributed by atoms with Crippen LogP contribution in [0.2, 0.25) is 0 Å². The Morgan fingerprint density at radius 3 is 2.36 bits per heavy atom. The van der Waals surface area contributed by atoms with Crippen LogP contribution in [-0.2, 0) is 19.1 Å². The molecule has 0 N–H and O–H groups in total. The van der Waals surface area contributed by atoms with Crippen LogP contribution < -0.4 is 0 Å². The quantitative estimate of drug-likeness (QED) is 0.200. The lowest BCUT2D eigenvalue weighted by atomic mass is 9.61. The number of nitrogens with zero attached hydrogens (tertiary/aromatic N) is 1. The van der Waals surface area contributed by atoms with E-state index in [1.807, 2.05) is 13.8 Å². The molecule has 0 amide bonds. The molecular weight excluding hydrogens is 495 g/mol. The number of carbonyl (C=O) groups is 2. The van der Waals surface area contributed by atoms with Crippen molar-refractivity contribution in [1.82, 2.24) is 4.47 Å². The first-order valence-electron chi connectivity index (χ1n) is 13.5. The second-order valence-electron chi connectivity index (χ2n) is 12.1. The average Bonchev–Trinajstić information content (AvgIpc) is 2.75. The number of esters is 2. The Morgan fingerprint density at radius 2 is 1.69 bits per heavy atom. The highest BCUT2D eigenvalue weighted by Crippen LogP contribution is 2.49. The lowest BCUT2D eigenvalue weighted by molar-refractivity contribution is -0.174. The van der Waals surface area contributed by atoms with Gasteiger partial charge in [0.15, 0.2) is 0 Å². The van der Waals surface area contributed by atoms with E-state index in [2.05, 4.69) is 0 Å². The largest absolute Gasteiger partial charge is 0.775 e. The lowest BCUT2D eigenvalue weighted by Gasteiger charge is -2.44. The molecule has 6 nitrogen and oxygen atoms in total. The van der Waals surface area contributed by atoms with Crippen molar-refractivity contribution in [2.75, 3.05) is 13.2 Å². The SMILES string of the molecule is CC1CC2CCCC(C2)C1C(=O)OCC(CN([O-])SC(F)(F)F)OC(=O)C1(C)CC2CCCC(C2)C1. The molecule has 0 aromatic heterocycles.